The van der Waals surface area contributed by atoms with Gasteiger partial charge in [-0.1, -0.05) is 20.8 Å². The number of hydrogen-bond acceptors (Lipinski definition) is 5. The van der Waals surface area contributed by atoms with Gasteiger partial charge in [0.05, 0.1) is 22.9 Å². The van der Waals surface area contributed by atoms with Crippen LogP contribution in [-0.4, -0.2) is 26.8 Å². The van der Waals surface area contributed by atoms with Crippen LogP contribution in [0.15, 0.2) is 46.3 Å². The maximum atomic E-state index is 13.1. The lowest BCUT2D eigenvalue weighted by molar-refractivity contribution is -0.123. The van der Waals surface area contributed by atoms with E-state index in [1.807, 2.05) is 26.0 Å². The van der Waals surface area contributed by atoms with Gasteiger partial charge in [-0.25, -0.2) is 4.98 Å². The molecule has 0 aliphatic carbocycles. The van der Waals surface area contributed by atoms with E-state index in [4.69, 9.17) is 4.42 Å². The van der Waals surface area contributed by atoms with Gasteiger partial charge in [0.1, 0.15) is 11.8 Å². The van der Waals surface area contributed by atoms with Gasteiger partial charge in [0.2, 0.25) is 5.95 Å². The molecule has 29 heavy (non-hydrogen) atoms. The number of carbonyl (C=O) groups excluding carboxylic acids is 2. The number of amides is 1. The van der Waals surface area contributed by atoms with Crippen LogP contribution < -0.4 is 4.90 Å². The third-order valence-electron chi connectivity index (χ3n) is 5.26. The molecule has 0 bridgehead atoms. The monoisotopic (exact) mass is 393 g/mol. The molecule has 3 aromatic rings. The van der Waals surface area contributed by atoms with E-state index in [1.54, 1.807) is 32.9 Å². The van der Waals surface area contributed by atoms with E-state index in [9.17, 15) is 14.7 Å². The minimum absolute atomic E-state index is 0.0188. The second-order valence-corrected chi connectivity index (χ2v) is 8.45. The van der Waals surface area contributed by atoms with Crippen molar-refractivity contribution in [2.45, 2.75) is 40.7 Å². The summed E-state index contributed by atoms with van der Waals surface area (Å²) in [7, 11) is 0. The first-order valence-corrected chi connectivity index (χ1v) is 9.41. The normalized spacial score (nSPS) is 17.6. The average molecular weight is 393 g/mol. The highest BCUT2D eigenvalue weighted by Crippen LogP contribution is 2.43. The summed E-state index contributed by atoms with van der Waals surface area (Å²) in [4.78, 5) is 35.1. The minimum Gasteiger partial charge on any atom is -0.503 e. The molecule has 1 aliphatic heterocycles. The summed E-state index contributed by atoms with van der Waals surface area (Å²) >= 11 is 0. The lowest BCUT2D eigenvalue weighted by atomic mass is 9.83. The molecule has 0 saturated carbocycles. The first-order chi connectivity index (χ1) is 13.6. The molecule has 2 N–H and O–H groups in total. The Bertz CT molecular complexity index is 1120. The molecule has 150 valence electrons. The predicted octanol–water partition coefficient (Wildman–Crippen LogP) is 4.29. The Morgan fingerprint density at radius 1 is 1.24 bits per heavy atom. The number of aliphatic hydroxyl groups excluding tert-OH is 1. The zero-order valence-electron chi connectivity index (χ0n) is 17.0. The topological polar surface area (TPSA) is 99.4 Å². The van der Waals surface area contributed by atoms with Crippen molar-refractivity contribution in [3.63, 3.8) is 0 Å². The number of benzene rings is 1. The number of rotatable bonds is 3. The Kier molecular flexibility index (Phi) is 4.15. The largest absolute Gasteiger partial charge is 0.503 e. The standard InChI is InChI=1S/C22H23N3O4/c1-11-9-13-14(10-12(11)2)24-21(23-13)25-17(15-7-6-8-29-15)16(18(26)20(25)28)19(27)22(3,4)5/h6-10,17,26H,1-5H3,(H,23,24). The van der Waals surface area contributed by atoms with Crippen LogP contribution >= 0.6 is 0 Å². The van der Waals surface area contributed by atoms with E-state index < -0.39 is 23.1 Å². The van der Waals surface area contributed by atoms with Gasteiger partial charge in [-0.2, -0.15) is 0 Å². The molecule has 1 aliphatic rings. The molecular formula is C22H23N3O4. The number of ketones is 1. The summed E-state index contributed by atoms with van der Waals surface area (Å²) in [5.41, 5.74) is 2.87. The van der Waals surface area contributed by atoms with Crippen molar-refractivity contribution in [1.82, 2.24) is 9.97 Å². The highest BCUT2D eigenvalue weighted by atomic mass is 16.3. The number of aliphatic hydroxyl groups is 1. The predicted molar refractivity (Wildman–Crippen MR) is 109 cm³/mol. The summed E-state index contributed by atoms with van der Waals surface area (Å²) in [6.45, 7) is 9.22. The van der Waals surface area contributed by atoms with Gasteiger partial charge in [-0.15, -0.1) is 0 Å². The second-order valence-electron chi connectivity index (χ2n) is 8.45. The molecular weight excluding hydrogens is 370 g/mol. The minimum atomic E-state index is -0.896. The third-order valence-corrected chi connectivity index (χ3v) is 5.26. The lowest BCUT2D eigenvalue weighted by Crippen LogP contribution is -2.33. The number of fused-ring (bicyclic) bond motifs is 1. The molecule has 4 rings (SSSR count). The number of Topliss-reactive ketones (excluding diaryl/α,β-unsaturated/α-hetero) is 1. The van der Waals surface area contributed by atoms with Crippen molar-refractivity contribution in [3.05, 3.63) is 58.7 Å². The number of aromatic amines is 1. The highest BCUT2D eigenvalue weighted by molar-refractivity contribution is 6.17. The summed E-state index contributed by atoms with van der Waals surface area (Å²) in [5, 5.41) is 10.6. The van der Waals surface area contributed by atoms with Crippen molar-refractivity contribution in [2.24, 2.45) is 5.41 Å². The average Bonchev–Trinajstić information content (AvgIpc) is 3.34. The van der Waals surface area contributed by atoms with Crippen LogP contribution in [0.4, 0.5) is 5.95 Å². The summed E-state index contributed by atoms with van der Waals surface area (Å²) in [6, 6.07) is 6.35. The maximum Gasteiger partial charge on any atom is 0.296 e. The number of furan rings is 1. The summed E-state index contributed by atoms with van der Waals surface area (Å²) in [5.74, 6) is -0.955. The van der Waals surface area contributed by atoms with Gasteiger partial charge >= 0.3 is 0 Å². The van der Waals surface area contributed by atoms with Gasteiger partial charge in [0.15, 0.2) is 11.5 Å². The molecule has 1 amide bonds. The molecule has 7 nitrogen and oxygen atoms in total. The molecule has 3 heterocycles. The van der Waals surface area contributed by atoms with Crippen LogP contribution in [0.5, 0.6) is 0 Å². The van der Waals surface area contributed by atoms with Gasteiger partial charge in [0.25, 0.3) is 5.91 Å². The van der Waals surface area contributed by atoms with Crippen molar-refractivity contribution in [3.8, 4) is 0 Å². The van der Waals surface area contributed by atoms with E-state index in [1.165, 1.54) is 11.2 Å². The third kappa shape index (κ3) is 2.93. The first-order valence-electron chi connectivity index (χ1n) is 9.41. The van der Waals surface area contributed by atoms with Crippen molar-refractivity contribution in [1.29, 1.82) is 0 Å². The zero-order valence-corrected chi connectivity index (χ0v) is 17.0. The van der Waals surface area contributed by atoms with E-state index in [-0.39, 0.29) is 17.3 Å². The van der Waals surface area contributed by atoms with Crippen LogP contribution in [-0.2, 0) is 9.59 Å². The quantitative estimate of drug-likeness (QED) is 0.692. The lowest BCUT2D eigenvalue weighted by Gasteiger charge is -2.25. The molecule has 0 spiro atoms. The van der Waals surface area contributed by atoms with E-state index in [0.717, 1.165) is 16.6 Å². The number of nitrogens with zero attached hydrogens (tertiary/aromatic N) is 2. The summed E-state index contributed by atoms with van der Waals surface area (Å²) < 4.78 is 5.54. The van der Waals surface area contributed by atoms with Crippen LogP contribution in [0.2, 0.25) is 0 Å². The molecule has 0 radical (unpaired) electrons. The van der Waals surface area contributed by atoms with E-state index in [0.29, 0.717) is 11.3 Å². The summed E-state index contributed by atoms with van der Waals surface area (Å²) in [6.07, 6.45) is 1.47. The number of imidazole rings is 1. The van der Waals surface area contributed by atoms with Crippen molar-refractivity contribution < 1.29 is 19.1 Å². The molecule has 0 saturated heterocycles. The molecule has 1 atom stereocenters. The molecule has 7 heteroatoms. The Morgan fingerprint density at radius 2 is 1.93 bits per heavy atom. The number of hydrogen-bond donors (Lipinski definition) is 2. The Hall–Kier alpha value is -3.35. The molecule has 0 fully saturated rings. The number of anilines is 1. The first kappa shape index (κ1) is 19.0. The van der Waals surface area contributed by atoms with Gasteiger partial charge in [0, 0.05) is 5.41 Å². The SMILES string of the molecule is Cc1cc2nc(N3C(=O)C(O)=C(C(=O)C(C)(C)C)C3c3ccco3)[nH]c2cc1C. The second kappa shape index (κ2) is 6.34. The van der Waals surface area contributed by atoms with Crippen molar-refractivity contribution >= 4 is 28.7 Å². The number of nitrogens with one attached hydrogen (secondary N) is 1. The number of carbonyl (C=O) groups is 2. The Balaban J connectivity index is 1.89. The van der Waals surface area contributed by atoms with Crippen molar-refractivity contribution in [2.75, 3.05) is 4.90 Å². The number of aryl methyl sites for hydroxylation is 2. The zero-order chi connectivity index (χ0) is 21.1. The van der Waals surface area contributed by atoms with Crippen LogP contribution in [0.3, 0.4) is 0 Å². The van der Waals surface area contributed by atoms with Crippen LogP contribution in [0, 0.1) is 19.3 Å². The van der Waals surface area contributed by atoms with Crippen LogP contribution in [0.25, 0.3) is 11.0 Å². The fraction of sp³-hybridized carbons (Fsp3) is 0.318. The van der Waals surface area contributed by atoms with Gasteiger partial charge in [-0.05, 0) is 49.2 Å². The number of aromatic nitrogens is 2. The highest BCUT2D eigenvalue weighted by Gasteiger charge is 2.49. The van der Waals surface area contributed by atoms with Gasteiger partial charge < -0.3 is 14.5 Å². The Morgan fingerprint density at radius 3 is 2.55 bits per heavy atom. The fourth-order valence-electron chi connectivity index (χ4n) is 3.55. The maximum absolute atomic E-state index is 13.1. The smallest absolute Gasteiger partial charge is 0.296 e. The number of H-pyrrole nitrogens is 1. The van der Waals surface area contributed by atoms with E-state index in [2.05, 4.69) is 9.97 Å². The van der Waals surface area contributed by atoms with E-state index >= 15 is 0 Å². The molecule has 1 unspecified atom stereocenters. The van der Waals surface area contributed by atoms with Gasteiger partial charge in [-0.3, -0.25) is 14.5 Å². The molecule has 1 aromatic carbocycles. The fourth-order valence-corrected chi connectivity index (χ4v) is 3.55. The molecule has 2 aromatic heterocycles. The Labute approximate surface area is 168 Å². The van der Waals surface area contributed by atoms with Crippen LogP contribution in [0.1, 0.15) is 43.7 Å².